The monoisotopic (exact) mass is 379 g/mol. The van der Waals surface area contributed by atoms with Gasteiger partial charge in [-0.1, -0.05) is 35.5 Å². The minimum atomic E-state index is -0.191. The molecule has 3 heterocycles. The molecule has 1 fully saturated rings. The fourth-order valence-electron chi connectivity index (χ4n) is 3.27. The van der Waals surface area contributed by atoms with Gasteiger partial charge in [0.1, 0.15) is 0 Å². The first-order valence-corrected chi connectivity index (χ1v) is 9.32. The molecule has 0 bridgehead atoms. The van der Waals surface area contributed by atoms with Crippen LogP contribution in [0.5, 0.6) is 0 Å². The van der Waals surface area contributed by atoms with E-state index < -0.39 is 0 Å². The molecule has 1 aliphatic rings. The van der Waals surface area contributed by atoms with Crippen molar-refractivity contribution in [1.29, 1.82) is 0 Å². The van der Waals surface area contributed by atoms with E-state index in [1.165, 1.54) is 11.8 Å². The lowest BCUT2D eigenvalue weighted by atomic mass is 10.1. The zero-order valence-corrected chi connectivity index (χ0v) is 15.4. The van der Waals surface area contributed by atoms with Crippen LogP contribution < -0.4 is 0 Å². The summed E-state index contributed by atoms with van der Waals surface area (Å²) in [6, 6.07) is 15.2. The Bertz CT molecular complexity index is 926. The van der Waals surface area contributed by atoms with Crippen molar-refractivity contribution in [3.63, 3.8) is 0 Å². The highest BCUT2D eigenvalue weighted by atomic mass is 16.5. The van der Waals surface area contributed by atoms with E-state index in [0.717, 1.165) is 12.1 Å². The molecule has 3 aromatic rings. The Morgan fingerprint density at radius 1 is 0.857 bits per heavy atom. The van der Waals surface area contributed by atoms with E-state index >= 15 is 0 Å². The Labute approximate surface area is 162 Å². The van der Waals surface area contributed by atoms with Crippen molar-refractivity contribution in [1.82, 2.24) is 15.0 Å². The predicted octanol–water partition coefficient (Wildman–Crippen LogP) is 2.65. The van der Waals surface area contributed by atoms with Gasteiger partial charge in [0.05, 0.1) is 12.0 Å². The van der Waals surface area contributed by atoms with Crippen LogP contribution in [0.3, 0.4) is 0 Å². The molecule has 2 amide bonds. The van der Waals surface area contributed by atoms with Crippen molar-refractivity contribution in [2.45, 2.75) is 12.8 Å². The molecular formula is C21H21N3O4. The van der Waals surface area contributed by atoms with E-state index in [2.05, 4.69) is 17.3 Å². The summed E-state index contributed by atoms with van der Waals surface area (Å²) >= 11 is 0. The largest absolute Gasteiger partial charge is 0.459 e. The molecule has 1 saturated heterocycles. The first-order chi connectivity index (χ1) is 13.7. The average Bonchev–Trinajstić information content (AvgIpc) is 3.44. The van der Waals surface area contributed by atoms with Crippen LogP contribution in [0.25, 0.3) is 0 Å². The number of hydrogen-bond donors (Lipinski definition) is 0. The zero-order chi connectivity index (χ0) is 19.3. The van der Waals surface area contributed by atoms with Gasteiger partial charge >= 0.3 is 0 Å². The van der Waals surface area contributed by atoms with Crippen LogP contribution in [0.1, 0.15) is 32.4 Å². The summed E-state index contributed by atoms with van der Waals surface area (Å²) in [7, 11) is 0. The maximum atomic E-state index is 12.7. The van der Waals surface area contributed by atoms with Gasteiger partial charge in [-0.25, -0.2) is 0 Å². The maximum Gasteiger partial charge on any atom is 0.292 e. The highest BCUT2D eigenvalue weighted by molar-refractivity contribution is 5.93. The standard InChI is InChI=1S/C21H21N3O4/c25-20(18-7-4-14-27-18)23-10-12-24(13-11-23)21(26)19-15-17(22-28-19)9-8-16-5-2-1-3-6-16/h1-7,14-15H,8-13H2. The SMILES string of the molecule is O=C(c1ccco1)N1CCN(C(=O)c2cc(CCc3ccccc3)no2)CC1. The van der Waals surface area contributed by atoms with Gasteiger partial charge in [0, 0.05) is 32.2 Å². The molecule has 0 spiro atoms. The van der Waals surface area contributed by atoms with E-state index in [-0.39, 0.29) is 17.6 Å². The molecule has 0 radical (unpaired) electrons. The van der Waals surface area contributed by atoms with Crippen molar-refractivity contribution >= 4 is 11.8 Å². The van der Waals surface area contributed by atoms with Crippen molar-refractivity contribution in [2.75, 3.05) is 26.2 Å². The highest BCUT2D eigenvalue weighted by Gasteiger charge is 2.28. The topological polar surface area (TPSA) is 79.8 Å². The number of aromatic nitrogens is 1. The number of benzene rings is 1. The molecular weight excluding hydrogens is 358 g/mol. The number of rotatable bonds is 5. The van der Waals surface area contributed by atoms with Crippen LogP contribution in [0, 0.1) is 0 Å². The van der Waals surface area contributed by atoms with Crippen LogP contribution >= 0.6 is 0 Å². The maximum absolute atomic E-state index is 12.7. The van der Waals surface area contributed by atoms with E-state index in [0.29, 0.717) is 38.4 Å². The first-order valence-electron chi connectivity index (χ1n) is 9.32. The van der Waals surface area contributed by atoms with Crippen molar-refractivity contribution in [3.05, 3.63) is 77.6 Å². The molecule has 28 heavy (non-hydrogen) atoms. The van der Waals surface area contributed by atoms with Crippen molar-refractivity contribution < 1.29 is 18.5 Å². The molecule has 144 valence electrons. The fraction of sp³-hybridized carbons (Fsp3) is 0.286. The van der Waals surface area contributed by atoms with Crippen LogP contribution in [-0.2, 0) is 12.8 Å². The molecule has 0 N–H and O–H groups in total. The molecule has 0 saturated carbocycles. The number of nitrogens with zero attached hydrogens (tertiary/aromatic N) is 3. The molecule has 7 nitrogen and oxygen atoms in total. The number of carbonyl (C=O) groups excluding carboxylic acids is 2. The average molecular weight is 379 g/mol. The number of hydrogen-bond acceptors (Lipinski definition) is 5. The minimum Gasteiger partial charge on any atom is -0.459 e. The Morgan fingerprint density at radius 2 is 1.54 bits per heavy atom. The summed E-state index contributed by atoms with van der Waals surface area (Å²) in [6.45, 7) is 1.82. The van der Waals surface area contributed by atoms with Crippen LogP contribution in [-0.4, -0.2) is 52.9 Å². The molecule has 1 aromatic carbocycles. The predicted molar refractivity (Wildman–Crippen MR) is 101 cm³/mol. The number of piperazine rings is 1. The van der Waals surface area contributed by atoms with Crippen molar-refractivity contribution in [3.8, 4) is 0 Å². The Balaban J connectivity index is 1.30. The van der Waals surface area contributed by atoms with Gasteiger partial charge in [0.25, 0.3) is 11.8 Å². The van der Waals surface area contributed by atoms with Gasteiger partial charge in [0.15, 0.2) is 5.76 Å². The third-order valence-corrected chi connectivity index (χ3v) is 4.87. The van der Waals surface area contributed by atoms with Crippen LogP contribution in [0.15, 0.2) is 63.7 Å². The lowest BCUT2D eigenvalue weighted by Crippen LogP contribution is -2.50. The number of furan rings is 1. The Kier molecular flexibility index (Phi) is 5.23. The van der Waals surface area contributed by atoms with Crippen LogP contribution in [0.4, 0.5) is 0 Å². The summed E-state index contributed by atoms with van der Waals surface area (Å²) in [4.78, 5) is 28.3. The summed E-state index contributed by atoms with van der Waals surface area (Å²) in [5.74, 6) is 0.218. The molecule has 1 aliphatic heterocycles. The van der Waals surface area contributed by atoms with Gasteiger partial charge in [-0.3, -0.25) is 9.59 Å². The summed E-state index contributed by atoms with van der Waals surface area (Å²) in [6.07, 6.45) is 3.03. The van der Waals surface area contributed by atoms with Gasteiger partial charge in [-0.05, 0) is 30.5 Å². The Morgan fingerprint density at radius 3 is 2.18 bits per heavy atom. The number of amides is 2. The third-order valence-electron chi connectivity index (χ3n) is 4.87. The van der Waals surface area contributed by atoms with E-state index in [4.69, 9.17) is 8.94 Å². The van der Waals surface area contributed by atoms with Crippen molar-refractivity contribution in [2.24, 2.45) is 0 Å². The second-order valence-electron chi connectivity index (χ2n) is 6.73. The van der Waals surface area contributed by atoms with Gasteiger partial charge < -0.3 is 18.7 Å². The molecule has 0 atom stereocenters. The minimum absolute atomic E-state index is 0.153. The zero-order valence-electron chi connectivity index (χ0n) is 15.4. The summed E-state index contributed by atoms with van der Waals surface area (Å²) in [5.41, 5.74) is 1.98. The highest BCUT2D eigenvalue weighted by Crippen LogP contribution is 2.14. The lowest BCUT2D eigenvalue weighted by molar-refractivity contribution is 0.0497. The molecule has 0 aliphatic carbocycles. The van der Waals surface area contributed by atoms with Gasteiger partial charge in [-0.15, -0.1) is 0 Å². The molecule has 2 aromatic heterocycles. The molecule has 0 unspecified atom stereocenters. The normalized spacial score (nSPS) is 14.3. The van der Waals surface area contributed by atoms with Crippen LogP contribution in [0.2, 0.25) is 0 Å². The lowest BCUT2D eigenvalue weighted by Gasteiger charge is -2.33. The van der Waals surface area contributed by atoms with E-state index in [1.807, 2.05) is 18.2 Å². The molecule has 4 rings (SSSR count). The Hall–Kier alpha value is -3.35. The van der Waals surface area contributed by atoms with E-state index in [1.54, 1.807) is 28.0 Å². The molecule has 7 heteroatoms. The fourth-order valence-corrected chi connectivity index (χ4v) is 3.27. The second-order valence-corrected chi connectivity index (χ2v) is 6.73. The first kappa shape index (κ1) is 18.0. The summed E-state index contributed by atoms with van der Waals surface area (Å²) in [5, 5.41) is 4.02. The third kappa shape index (κ3) is 3.98. The smallest absolute Gasteiger partial charge is 0.292 e. The van der Waals surface area contributed by atoms with Gasteiger partial charge in [-0.2, -0.15) is 0 Å². The second kappa shape index (κ2) is 8.12. The quantitative estimate of drug-likeness (QED) is 0.681. The van der Waals surface area contributed by atoms with Gasteiger partial charge in [0.2, 0.25) is 5.76 Å². The summed E-state index contributed by atoms with van der Waals surface area (Å²) < 4.78 is 10.4. The number of aryl methyl sites for hydroxylation is 2. The number of carbonyl (C=O) groups is 2. The van der Waals surface area contributed by atoms with E-state index in [9.17, 15) is 9.59 Å².